The third-order valence-corrected chi connectivity index (χ3v) is 1.43. The number of aliphatic imine (C=N–C) groups is 1. The average Bonchev–Trinajstić information content (AvgIpc) is 2.04. The molecule has 1 N–H and O–H groups in total. The van der Waals surface area contributed by atoms with E-state index in [1.807, 2.05) is 0 Å². The summed E-state index contributed by atoms with van der Waals surface area (Å²) < 4.78 is 12.5. The summed E-state index contributed by atoms with van der Waals surface area (Å²) in [6.45, 7) is 0.658. The number of nitrogens with zero attached hydrogens (tertiary/aromatic N) is 2. The van der Waals surface area contributed by atoms with Crippen LogP contribution in [0.3, 0.4) is 0 Å². The van der Waals surface area contributed by atoms with Gasteiger partial charge < -0.3 is 5.32 Å². The van der Waals surface area contributed by atoms with Crippen molar-refractivity contribution in [3.63, 3.8) is 0 Å². The van der Waals surface area contributed by atoms with E-state index in [0.717, 1.165) is 0 Å². The summed E-state index contributed by atoms with van der Waals surface area (Å²) in [5, 5.41) is 2.96. The Balaban J connectivity index is 2.54. The van der Waals surface area contributed by atoms with Gasteiger partial charge in [-0.05, 0) is 0 Å². The lowest BCUT2D eigenvalue weighted by Crippen LogP contribution is -2.08. The Morgan fingerprint density at radius 3 is 3.36 bits per heavy atom. The third-order valence-electron chi connectivity index (χ3n) is 1.43. The number of rotatable bonds is 0. The molecule has 56 valence electrons. The lowest BCUT2D eigenvalue weighted by molar-refractivity contribution is 0.622. The Morgan fingerprint density at radius 2 is 2.45 bits per heavy atom. The lowest BCUT2D eigenvalue weighted by Gasteiger charge is -2.09. The molecule has 3 nitrogen and oxygen atoms in total. The first-order valence-corrected chi connectivity index (χ1v) is 3.28. The highest BCUT2D eigenvalue weighted by Gasteiger charge is 2.05. The van der Waals surface area contributed by atoms with Crippen LogP contribution in [0.2, 0.25) is 0 Å². The highest BCUT2D eigenvalue weighted by molar-refractivity contribution is 5.77. The molecule has 0 unspecified atom stereocenters. The molecule has 0 saturated heterocycles. The molecule has 0 fully saturated rings. The van der Waals surface area contributed by atoms with E-state index in [-0.39, 0.29) is 5.82 Å². The van der Waals surface area contributed by atoms with Crippen LogP contribution in [0, 0.1) is 5.82 Å². The first-order chi connectivity index (χ1) is 5.36. The van der Waals surface area contributed by atoms with E-state index in [1.54, 1.807) is 6.21 Å². The number of aromatic nitrogens is 1. The molecule has 2 heterocycles. The first kappa shape index (κ1) is 6.27. The molecular formula is C7H6FN3. The fourth-order valence-corrected chi connectivity index (χ4v) is 0.950. The van der Waals surface area contributed by atoms with Crippen molar-refractivity contribution in [1.29, 1.82) is 0 Å². The second kappa shape index (κ2) is 2.30. The fourth-order valence-electron chi connectivity index (χ4n) is 0.950. The van der Waals surface area contributed by atoms with Crippen LogP contribution in [-0.4, -0.2) is 17.7 Å². The summed E-state index contributed by atoms with van der Waals surface area (Å²) in [5.41, 5.74) is 0.566. The molecule has 0 spiro atoms. The number of hydrogen-bond acceptors (Lipinski definition) is 3. The molecule has 2 rings (SSSR count). The van der Waals surface area contributed by atoms with E-state index >= 15 is 0 Å². The standard InChI is InChI=1S/C7H6FN3/c8-5-3-6-7(11-4-5)10-2-1-9-6/h1,3-4H,2H2,(H,10,11). The molecule has 11 heavy (non-hydrogen) atoms. The quantitative estimate of drug-likeness (QED) is 0.607. The largest absolute Gasteiger partial charge is 0.363 e. The SMILES string of the molecule is Fc1cnc2c(c1)N=CCN2. The topological polar surface area (TPSA) is 37.3 Å². The first-order valence-electron chi connectivity index (χ1n) is 3.28. The van der Waals surface area contributed by atoms with Gasteiger partial charge in [-0.2, -0.15) is 0 Å². The minimum atomic E-state index is -0.357. The molecule has 4 heteroatoms. The van der Waals surface area contributed by atoms with Gasteiger partial charge in [0, 0.05) is 12.3 Å². The van der Waals surface area contributed by atoms with Crippen molar-refractivity contribution in [2.24, 2.45) is 4.99 Å². The molecule has 1 aliphatic heterocycles. The van der Waals surface area contributed by atoms with E-state index in [2.05, 4.69) is 15.3 Å². The molecule has 1 aliphatic rings. The Hall–Kier alpha value is -1.45. The van der Waals surface area contributed by atoms with E-state index < -0.39 is 0 Å². The highest BCUT2D eigenvalue weighted by Crippen LogP contribution is 2.23. The van der Waals surface area contributed by atoms with Gasteiger partial charge >= 0.3 is 0 Å². The molecule has 0 saturated carbocycles. The molecule has 0 amide bonds. The zero-order chi connectivity index (χ0) is 7.68. The third kappa shape index (κ3) is 1.07. The fraction of sp³-hybridized carbons (Fsp3) is 0.143. The number of pyridine rings is 1. The average molecular weight is 151 g/mol. The Kier molecular flexibility index (Phi) is 1.31. The molecule has 1 aromatic rings. The zero-order valence-corrected chi connectivity index (χ0v) is 5.71. The Bertz CT molecular complexity index is 309. The van der Waals surface area contributed by atoms with E-state index in [0.29, 0.717) is 18.1 Å². The monoisotopic (exact) mass is 151 g/mol. The minimum Gasteiger partial charge on any atom is -0.363 e. The van der Waals surface area contributed by atoms with Crippen molar-refractivity contribution < 1.29 is 4.39 Å². The number of hydrogen-bond donors (Lipinski definition) is 1. The van der Waals surface area contributed by atoms with Crippen LogP contribution in [0.4, 0.5) is 15.9 Å². The van der Waals surface area contributed by atoms with Crippen molar-refractivity contribution in [2.75, 3.05) is 11.9 Å². The van der Waals surface area contributed by atoms with Crippen LogP contribution in [0.5, 0.6) is 0 Å². The number of fused-ring (bicyclic) bond motifs is 1. The van der Waals surface area contributed by atoms with Crippen molar-refractivity contribution >= 4 is 17.7 Å². The Morgan fingerprint density at radius 1 is 1.55 bits per heavy atom. The van der Waals surface area contributed by atoms with Crippen LogP contribution in [0.1, 0.15) is 0 Å². The summed E-state index contributed by atoms with van der Waals surface area (Å²) in [5.74, 6) is 0.290. The van der Waals surface area contributed by atoms with E-state index in [4.69, 9.17) is 0 Å². The van der Waals surface area contributed by atoms with E-state index in [1.165, 1.54) is 12.3 Å². The van der Waals surface area contributed by atoms with Crippen molar-refractivity contribution in [1.82, 2.24) is 4.98 Å². The number of nitrogens with one attached hydrogen (secondary N) is 1. The van der Waals surface area contributed by atoms with Crippen LogP contribution < -0.4 is 5.32 Å². The van der Waals surface area contributed by atoms with Gasteiger partial charge in [-0.25, -0.2) is 9.37 Å². The van der Waals surface area contributed by atoms with Gasteiger partial charge in [0.2, 0.25) is 0 Å². The highest BCUT2D eigenvalue weighted by atomic mass is 19.1. The van der Waals surface area contributed by atoms with Gasteiger partial charge in [-0.3, -0.25) is 4.99 Å². The minimum absolute atomic E-state index is 0.357. The van der Waals surface area contributed by atoms with Crippen molar-refractivity contribution in [2.45, 2.75) is 0 Å². The molecule has 0 bridgehead atoms. The maximum atomic E-state index is 12.5. The van der Waals surface area contributed by atoms with Gasteiger partial charge in [-0.1, -0.05) is 0 Å². The number of halogens is 1. The Labute approximate surface area is 63.0 Å². The van der Waals surface area contributed by atoms with Gasteiger partial charge in [0.1, 0.15) is 11.5 Å². The van der Waals surface area contributed by atoms with Crippen LogP contribution in [0.25, 0.3) is 0 Å². The summed E-state index contributed by atoms with van der Waals surface area (Å²) in [6.07, 6.45) is 2.86. The summed E-state index contributed by atoms with van der Waals surface area (Å²) in [4.78, 5) is 7.78. The number of anilines is 1. The van der Waals surface area contributed by atoms with Crippen molar-refractivity contribution in [3.05, 3.63) is 18.1 Å². The maximum Gasteiger partial charge on any atom is 0.152 e. The second-order valence-corrected chi connectivity index (χ2v) is 2.21. The van der Waals surface area contributed by atoms with Gasteiger partial charge in [0.05, 0.1) is 12.7 Å². The summed E-state index contributed by atoms with van der Waals surface area (Å²) in [6, 6.07) is 1.35. The van der Waals surface area contributed by atoms with Crippen molar-refractivity contribution in [3.8, 4) is 0 Å². The molecule has 1 aromatic heterocycles. The summed E-state index contributed by atoms with van der Waals surface area (Å²) in [7, 11) is 0. The molecular weight excluding hydrogens is 145 g/mol. The predicted octanol–water partition coefficient (Wildman–Crippen LogP) is 1.35. The van der Waals surface area contributed by atoms with Crippen LogP contribution in [0.15, 0.2) is 17.3 Å². The van der Waals surface area contributed by atoms with Gasteiger partial charge in [0.25, 0.3) is 0 Å². The normalized spacial score (nSPS) is 13.9. The second-order valence-electron chi connectivity index (χ2n) is 2.21. The maximum absolute atomic E-state index is 12.5. The molecule has 0 radical (unpaired) electrons. The van der Waals surface area contributed by atoms with Gasteiger partial charge in [-0.15, -0.1) is 0 Å². The van der Waals surface area contributed by atoms with Crippen LogP contribution >= 0.6 is 0 Å². The van der Waals surface area contributed by atoms with Gasteiger partial charge in [0.15, 0.2) is 5.82 Å². The summed E-state index contributed by atoms with van der Waals surface area (Å²) >= 11 is 0. The molecule has 0 atom stereocenters. The predicted molar refractivity (Wildman–Crippen MR) is 40.8 cm³/mol. The zero-order valence-electron chi connectivity index (χ0n) is 5.71. The van der Waals surface area contributed by atoms with E-state index in [9.17, 15) is 4.39 Å². The lowest BCUT2D eigenvalue weighted by atomic mass is 10.3. The smallest absolute Gasteiger partial charge is 0.152 e. The van der Waals surface area contributed by atoms with Crippen LogP contribution in [-0.2, 0) is 0 Å². The molecule has 0 aromatic carbocycles. The molecule has 0 aliphatic carbocycles.